The van der Waals surface area contributed by atoms with Gasteiger partial charge in [-0.1, -0.05) is 38.5 Å². The van der Waals surface area contributed by atoms with Crippen molar-refractivity contribution in [1.82, 2.24) is 14.5 Å². The first-order valence-corrected chi connectivity index (χ1v) is 12.5. The average molecular weight is 464 g/mol. The van der Waals surface area contributed by atoms with Gasteiger partial charge in [-0.15, -0.1) is 0 Å². The molecule has 2 heterocycles. The van der Waals surface area contributed by atoms with Crippen LogP contribution in [0.5, 0.6) is 0 Å². The van der Waals surface area contributed by atoms with Gasteiger partial charge in [-0.2, -0.15) is 0 Å². The smallest absolute Gasteiger partial charge is 0.330 e. The summed E-state index contributed by atoms with van der Waals surface area (Å²) in [5.41, 5.74) is -2.34. The fraction of sp³-hybridized carbons (Fsp3) is 0.792. The number of aromatic amines is 1. The molecule has 0 radical (unpaired) electrons. The Morgan fingerprint density at radius 3 is 2.21 bits per heavy atom. The number of hydrogen-bond acceptors (Lipinski definition) is 6. The van der Waals surface area contributed by atoms with Crippen LogP contribution in [-0.2, 0) is 15.3 Å². The van der Waals surface area contributed by atoms with E-state index in [-0.39, 0.29) is 30.8 Å². The molecule has 9 heteroatoms. The molecule has 3 aliphatic rings. The van der Waals surface area contributed by atoms with E-state index in [0.29, 0.717) is 5.56 Å². The number of aromatic nitrogens is 2. The number of hydrogen-bond donors (Lipinski definition) is 3. The molecule has 0 aromatic carbocycles. The molecule has 184 valence electrons. The number of nitrogens with zero attached hydrogens (tertiary/aromatic N) is 2. The second kappa shape index (κ2) is 10.1. The predicted octanol–water partition coefficient (Wildman–Crippen LogP) is 1.52. The molecule has 4 rings (SSSR count). The SMILES string of the molecule is Cc1cn([C@@]2(CC(=O)N(C3CCCCC3)C3CCCCC3)C[C@H](O)[C@@H](CO)O2)c(=O)[nH]c1=O. The molecule has 1 amide bonds. The first kappa shape index (κ1) is 24.2. The van der Waals surface area contributed by atoms with E-state index in [0.717, 1.165) is 51.4 Å². The van der Waals surface area contributed by atoms with E-state index in [2.05, 4.69) is 9.88 Å². The van der Waals surface area contributed by atoms with Gasteiger partial charge in [-0.3, -0.25) is 19.1 Å². The van der Waals surface area contributed by atoms with Crippen molar-refractivity contribution in [2.24, 2.45) is 0 Å². The van der Waals surface area contributed by atoms with Gasteiger partial charge in [0.1, 0.15) is 6.10 Å². The number of aliphatic hydroxyl groups is 2. The van der Waals surface area contributed by atoms with E-state index in [1.165, 1.54) is 23.6 Å². The molecule has 1 aromatic rings. The lowest BCUT2D eigenvalue weighted by Crippen LogP contribution is -2.53. The lowest BCUT2D eigenvalue weighted by Gasteiger charge is -2.43. The van der Waals surface area contributed by atoms with Gasteiger partial charge in [0.2, 0.25) is 5.91 Å². The monoisotopic (exact) mass is 463 g/mol. The Hall–Kier alpha value is -1.97. The second-order valence-electron chi connectivity index (χ2n) is 10.1. The van der Waals surface area contributed by atoms with Gasteiger partial charge in [-0.05, 0) is 32.6 Å². The van der Waals surface area contributed by atoms with Crippen molar-refractivity contribution in [3.63, 3.8) is 0 Å². The van der Waals surface area contributed by atoms with Crippen LogP contribution in [0.3, 0.4) is 0 Å². The number of carbonyl (C=O) groups is 1. The Labute approximate surface area is 193 Å². The number of H-pyrrole nitrogens is 1. The molecule has 3 fully saturated rings. The Kier molecular flexibility index (Phi) is 7.40. The Morgan fingerprint density at radius 2 is 1.70 bits per heavy atom. The summed E-state index contributed by atoms with van der Waals surface area (Å²) >= 11 is 0. The molecule has 0 bridgehead atoms. The standard InChI is InChI=1S/C24H37N3O6/c1-16-14-26(23(32)25-22(16)31)24(12-19(29)20(15-28)33-24)13-21(30)27(17-8-4-2-5-9-17)18-10-6-3-7-11-18/h14,17-20,28-29H,2-13,15H2,1H3,(H,25,31,32)/t19-,20+,24-/m0/s1. The van der Waals surface area contributed by atoms with Crippen LogP contribution >= 0.6 is 0 Å². The Morgan fingerprint density at radius 1 is 1.12 bits per heavy atom. The lowest BCUT2D eigenvalue weighted by molar-refractivity contribution is -0.158. The third-order valence-electron chi connectivity index (χ3n) is 7.72. The van der Waals surface area contributed by atoms with Crippen LogP contribution in [0.25, 0.3) is 0 Å². The fourth-order valence-corrected chi connectivity index (χ4v) is 6.00. The molecule has 1 saturated heterocycles. The summed E-state index contributed by atoms with van der Waals surface area (Å²) in [4.78, 5) is 43.1. The normalized spacial score (nSPS) is 29.3. The zero-order valence-corrected chi connectivity index (χ0v) is 19.5. The summed E-state index contributed by atoms with van der Waals surface area (Å²) in [7, 11) is 0. The molecule has 9 nitrogen and oxygen atoms in total. The van der Waals surface area contributed by atoms with Crippen LogP contribution < -0.4 is 11.2 Å². The molecule has 2 aliphatic carbocycles. The van der Waals surface area contributed by atoms with Crippen molar-refractivity contribution in [3.05, 3.63) is 32.6 Å². The van der Waals surface area contributed by atoms with Crippen molar-refractivity contribution < 1.29 is 19.7 Å². The minimum Gasteiger partial charge on any atom is -0.394 e. The number of nitrogens with one attached hydrogen (secondary N) is 1. The van der Waals surface area contributed by atoms with Crippen LogP contribution in [0.2, 0.25) is 0 Å². The van der Waals surface area contributed by atoms with Crippen molar-refractivity contribution in [1.29, 1.82) is 0 Å². The second-order valence-corrected chi connectivity index (χ2v) is 10.1. The Bertz CT molecular complexity index is 928. The highest BCUT2D eigenvalue weighted by atomic mass is 16.6. The summed E-state index contributed by atoms with van der Waals surface area (Å²) < 4.78 is 7.30. The maximum absolute atomic E-state index is 14.0. The van der Waals surface area contributed by atoms with Gasteiger partial charge in [-0.25, -0.2) is 4.79 Å². The maximum atomic E-state index is 14.0. The average Bonchev–Trinajstić information content (AvgIpc) is 3.13. The molecule has 33 heavy (non-hydrogen) atoms. The summed E-state index contributed by atoms with van der Waals surface area (Å²) in [6.45, 7) is 1.15. The predicted molar refractivity (Wildman–Crippen MR) is 122 cm³/mol. The highest BCUT2D eigenvalue weighted by molar-refractivity contribution is 5.78. The summed E-state index contributed by atoms with van der Waals surface area (Å²) in [6.07, 6.45) is 10.0. The van der Waals surface area contributed by atoms with Gasteiger partial charge in [0.25, 0.3) is 5.56 Å². The van der Waals surface area contributed by atoms with E-state index in [1.807, 2.05) is 0 Å². The van der Waals surface area contributed by atoms with Gasteiger partial charge < -0.3 is 19.8 Å². The van der Waals surface area contributed by atoms with Gasteiger partial charge in [0.15, 0.2) is 5.72 Å². The molecule has 1 aliphatic heterocycles. The third kappa shape index (κ3) is 4.95. The first-order chi connectivity index (χ1) is 15.8. The topological polar surface area (TPSA) is 125 Å². The van der Waals surface area contributed by atoms with Crippen LogP contribution in [0, 0.1) is 6.92 Å². The maximum Gasteiger partial charge on any atom is 0.330 e. The number of aliphatic hydroxyl groups excluding tert-OH is 2. The minimum atomic E-state index is -1.46. The van der Waals surface area contributed by atoms with Crippen molar-refractivity contribution in [2.75, 3.05) is 6.61 Å². The molecular formula is C24H37N3O6. The van der Waals surface area contributed by atoms with E-state index >= 15 is 0 Å². The van der Waals surface area contributed by atoms with E-state index in [9.17, 15) is 24.6 Å². The van der Waals surface area contributed by atoms with Crippen molar-refractivity contribution in [2.45, 2.75) is 114 Å². The first-order valence-electron chi connectivity index (χ1n) is 12.5. The summed E-state index contributed by atoms with van der Waals surface area (Å²) in [5.74, 6) is -0.0876. The lowest BCUT2D eigenvalue weighted by atomic mass is 9.87. The number of carbonyl (C=O) groups excluding carboxylic acids is 1. The van der Waals surface area contributed by atoms with Gasteiger partial charge in [0.05, 0.1) is 19.1 Å². The summed E-state index contributed by atoms with van der Waals surface area (Å²) in [6, 6.07) is 0.362. The van der Waals surface area contributed by atoms with Crippen LogP contribution in [0.4, 0.5) is 0 Å². The third-order valence-corrected chi connectivity index (χ3v) is 7.72. The van der Waals surface area contributed by atoms with E-state index < -0.39 is 35.8 Å². The van der Waals surface area contributed by atoms with Crippen LogP contribution in [0.15, 0.2) is 15.8 Å². The fourth-order valence-electron chi connectivity index (χ4n) is 6.00. The molecule has 3 N–H and O–H groups in total. The zero-order valence-electron chi connectivity index (χ0n) is 19.5. The van der Waals surface area contributed by atoms with Crippen LogP contribution in [0.1, 0.15) is 82.6 Å². The molecular weight excluding hydrogens is 426 g/mol. The van der Waals surface area contributed by atoms with E-state index in [1.54, 1.807) is 6.92 Å². The number of amides is 1. The van der Waals surface area contributed by atoms with Crippen molar-refractivity contribution >= 4 is 5.91 Å². The highest BCUT2D eigenvalue weighted by Crippen LogP contribution is 2.39. The quantitative estimate of drug-likeness (QED) is 0.588. The number of aryl methyl sites for hydroxylation is 1. The van der Waals surface area contributed by atoms with Gasteiger partial charge in [0, 0.05) is 30.3 Å². The molecule has 0 spiro atoms. The molecule has 1 aromatic heterocycles. The van der Waals surface area contributed by atoms with Crippen molar-refractivity contribution in [3.8, 4) is 0 Å². The molecule has 0 unspecified atom stereocenters. The largest absolute Gasteiger partial charge is 0.394 e. The number of rotatable bonds is 6. The van der Waals surface area contributed by atoms with Gasteiger partial charge >= 0.3 is 5.69 Å². The van der Waals surface area contributed by atoms with Crippen LogP contribution in [-0.4, -0.2) is 61.5 Å². The number of ether oxygens (including phenoxy) is 1. The Balaban J connectivity index is 1.70. The molecule has 2 saturated carbocycles. The highest BCUT2D eigenvalue weighted by Gasteiger charge is 2.50. The van der Waals surface area contributed by atoms with E-state index in [4.69, 9.17) is 4.74 Å². The molecule has 3 atom stereocenters. The summed E-state index contributed by atoms with van der Waals surface area (Å²) in [5, 5.41) is 20.3. The zero-order chi connectivity index (χ0) is 23.6. The minimum absolute atomic E-state index is 0.0153.